The second-order valence-electron chi connectivity index (χ2n) is 6.31. The third-order valence-electron chi connectivity index (χ3n) is 4.66. The van der Waals surface area contributed by atoms with Crippen LogP contribution in [0.4, 0.5) is 0 Å². The lowest BCUT2D eigenvalue weighted by atomic mass is 9.97. The van der Waals surface area contributed by atoms with Gasteiger partial charge < -0.3 is 10.4 Å². The van der Waals surface area contributed by atoms with Gasteiger partial charge in [0.05, 0.1) is 0 Å². The molecule has 2 heteroatoms. The summed E-state index contributed by atoms with van der Waals surface area (Å²) in [5.74, 6) is 1.31. The average molecular weight is 269 g/mol. The van der Waals surface area contributed by atoms with E-state index in [9.17, 15) is 5.11 Å². The number of rotatable bonds is 12. The number of hydrogen-bond donors (Lipinski definition) is 2. The Morgan fingerprint density at radius 2 is 1.53 bits per heavy atom. The molecule has 2 N–H and O–H groups in total. The lowest BCUT2D eigenvalue weighted by Crippen LogP contribution is -2.27. The minimum atomic E-state index is 0.393. The predicted octanol–water partition coefficient (Wildman–Crippen LogP) is 4.13. The van der Waals surface area contributed by atoms with Gasteiger partial charge in [0, 0.05) is 6.61 Å². The third kappa shape index (κ3) is 7.94. The van der Waals surface area contributed by atoms with E-state index in [2.05, 4.69) is 12.2 Å². The van der Waals surface area contributed by atoms with Gasteiger partial charge in [0.2, 0.25) is 0 Å². The normalized spacial score (nSPS) is 23.1. The predicted molar refractivity (Wildman–Crippen MR) is 83.4 cm³/mol. The molecule has 0 heterocycles. The molecule has 19 heavy (non-hydrogen) atoms. The molecule has 1 aliphatic carbocycles. The Bertz CT molecular complexity index is 196. The smallest absolute Gasteiger partial charge is 0.0462 e. The molecule has 2 unspecified atom stereocenters. The van der Waals surface area contributed by atoms with Crippen LogP contribution in [0.2, 0.25) is 0 Å². The second-order valence-corrected chi connectivity index (χ2v) is 6.31. The van der Waals surface area contributed by atoms with Gasteiger partial charge in [-0.15, -0.1) is 0 Å². The highest BCUT2D eigenvalue weighted by Gasteiger charge is 2.25. The van der Waals surface area contributed by atoms with Crippen molar-refractivity contribution in [3.63, 3.8) is 0 Å². The summed E-state index contributed by atoms with van der Waals surface area (Å²) in [4.78, 5) is 0. The van der Waals surface area contributed by atoms with Crippen LogP contribution in [-0.4, -0.2) is 24.8 Å². The van der Waals surface area contributed by atoms with Crippen LogP contribution in [0.15, 0.2) is 0 Å². The highest BCUT2D eigenvalue weighted by atomic mass is 16.3. The fraction of sp³-hybridized carbons (Fsp3) is 1.00. The van der Waals surface area contributed by atoms with Crippen molar-refractivity contribution in [2.75, 3.05) is 19.7 Å². The Hall–Kier alpha value is -0.0800. The molecule has 0 radical (unpaired) electrons. The summed E-state index contributed by atoms with van der Waals surface area (Å²) in [6, 6.07) is 0. The molecule has 0 aliphatic heterocycles. The zero-order chi connectivity index (χ0) is 13.8. The summed E-state index contributed by atoms with van der Waals surface area (Å²) in [5.41, 5.74) is 0. The Morgan fingerprint density at radius 3 is 2.21 bits per heavy atom. The summed E-state index contributed by atoms with van der Waals surface area (Å²) >= 11 is 0. The molecule has 0 amide bonds. The molecular weight excluding hydrogens is 234 g/mol. The quantitative estimate of drug-likeness (QED) is 0.522. The highest BCUT2D eigenvalue weighted by molar-refractivity contribution is 4.78. The van der Waals surface area contributed by atoms with Crippen molar-refractivity contribution in [2.45, 2.75) is 77.6 Å². The number of unbranched alkanes of at least 4 members (excludes halogenated alkanes) is 7. The lowest BCUT2D eigenvalue weighted by molar-refractivity contribution is 0.192. The molecule has 1 fully saturated rings. The van der Waals surface area contributed by atoms with E-state index in [1.165, 1.54) is 77.2 Å². The molecule has 0 saturated heterocycles. The van der Waals surface area contributed by atoms with Gasteiger partial charge in [-0.05, 0) is 44.2 Å². The van der Waals surface area contributed by atoms with Crippen molar-refractivity contribution in [3.8, 4) is 0 Å². The van der Waals surface area contributed by atoms with Crippen LogP contribution in [-0.2, 0) is 0 Å². The first-order chi connectivity index (χ1) is 9.38. The first kappa shape index (κ1) is 17.0. The van der Waals surface area contributed by atoms with Gasteiger partial charge in [0.15, 0.2) is 0 Å². The Morgan fingerprint density at radius 1 is 0.895 bits per heavy atom. The standard InChI is InChI=1S/C17H35NO/c1-2-3-4-5-6-7-8-9-13-18-14-16-11-10-12-17(16)15-19/h16-19H,2-15H2,1H3. The van der Waals surface area contributed by atoms with Crippen molar-refractivity contribution in [1.82, 2.24) is 5.32 Å². The molecule has 0 aromatic heterocycles. The van der Waals surface area contributed by atoms with Gasteiger partial charge in [-0.25, -0.2) is 0 Å². The summed E-state index contributed by atoms with van der Waals surface area (Å²) in [6.45, 7) is 4.97. The molecule has 0 spiro atoms. The largest absolute Gasteiger partial charge is 0.396 e. The zero-order valence-electron chi connectivity index (χ0n) is 13.0. The number of aliphatic hydroxyl groups is 1. The summed E-state index contributed by atoms with van der Waals surface area (Å²) in [7, 11) is 0. The van der Waals surface area contributed by atoms with E-state index in [0.29, 0.717) is 12.5 Å². The fourth-order valence-electron chi connectivity index (χ4n) is 3.29. The molecule has 1 rings (SSSR count). The Balaban J connectivity index is 1.81. The minimum Gasteiger partial charge on any atom is -0.396 e. The van der Waals surface area contributed by atoms with Gasteiger partial charge >= 0.3 is 0 Å². The van der Waals surface area contributed by atoms with E-state index in [0.717, 1.165) is 12.5 Å². The highest BCUT2D eigenvalue weighted by Crippen LogP contribution is 2.30. The molecule has 0 aromatic carbocycles. The van der Waals surface area contributed by atoms with Crippen molar-refractivity contribution in [1.29, 1.82) is 0 Å². The van der Waals surface area contributed by atoms with Crippen molar-refractivity contribution in [3.05, 3.63) is 0 Å². The van der Waals surface area contributed by atoms with Crippen molar-refractivity contribution < 1.29 is 5.11 Å². The van der Waals surface area contributed by atoms with Crippen LogP contribution in [0.1, 0.15) is 77.6 Å². The van der Waals surface area contributed by atoms with Crippen LogP contribution >= 0.6 is 0 Å². The van der Waals surface area contributed by atoms with Crippen LogP contribution in [0.5, 0.6) is 0 Å². The van der Waals surface area contributed by atoms with Gasteiger partial charge in [-0.2, -0.15) is 0 Å². The molecular formula is C17H35NO. The monoisotopic (exact) mass is 269 g/mol. The van der Waals surface area contributed by atoms with Crippen LogP contribution in [0.3, 0.4) is 0 Å². The maximum Gasteiger partial charge on any atom is 0.0462 e. The summed E-state index contributed by atoms with van der Waals surface area (Å²) in [5, 5.41) is 12.9. The number of hydrogen-bond acceptors (Lipinski definition) is 2. The molecule has 0 bridgehead atoms. The van der Waals surface area contributed by atoms with Gasteiger partial charge in [0.1, 0.15) is 0 Å². The fourth-order valence-corrected chi connectivity index (χ4v) is 3.29. The minimum absolute atomic E-state index is 0.393. The van der Waals surface area contributed by atoms with Crippen LogP contribution in [0.25, 0.3) is 0 Å². The van der Waals surface area contributed by atoms with Gasteiger partial charge in [-0.1, -0.05) is 58.3 Å². The second kappa shape index (κ2) is 11.7. The van der Waals surface area contributed by atoms with Gasteiger partial charge in [-0.3, -0.25) is 0 Å². The average Bonchev–Trinajstić information content (AvgIpc) is 2.88. The third-order valence-corrected chi connectivity index (χ3v) is 4.66. The van der Waals surface area contributed by atoms with Crippen molar-refractivity contribution >= 4 is 0 Å². The number of aliphatic hydroxyl groups excluding tert-OH is 1. The summed E-state index contributed by atoms with van der Waals surface area (Å²) < 4.78 is 0. The van der Waals surface area contributed by atoms with Crippen molar-refractivity contribution in [2.24, 2.45) is 11.8 Å². The first-order valence-corrected chi connectivity index (χ1v) is 8.70. The van der Waals surface area contributed by atoms with E-state index < -0.39 is 0 Å². The lowest BCUT2D eigenvalue weighted by Gasteiger charge is -2.17. The van der Waals surface area contributed by atoms with Crippen LogP contribution in [0, 0.1) is 11.8 Å². The molecule has 0 aromatic rings. The maximum absolute atomic E-state index is 9.27. The Kier molecular flexibility index (Phi) is 10.5. The van der Waals surface area contributed by atoms with E-state index in [4.69, 9.17) is 0 Å². The molecule has 1 aliphatic rings. The molecule has 2 nitrogen and oxygen atoms in total. The van der Waals surface area contributed by atoms with E-state index in [1.54, 1.807) is 0 Å². The van der Waals surface area contributed by atoms with E-state index >= 15 is 0 Å². The van der Waals surface area contributed by atoms with Gasteiger partial charge in [0.25, 0.3) is 0 Å². The topological polar surface area (TPSA) is 32.3 Å². The van der Waals surface area contributed by atoms with E-state index in [1.807, 2.05) is 0 Å². The Labute approximate surface area is 120 Å². The van der Waals surface area contributed by atoms with Crippen LogP contribution < -0.4 is 5.32 Å². The molecule has 114 valence electrons. The molecule has 2 atom stereocenters. The zero-order valence-corrected chi connectivity index (χ0v) is 13.0. The summed E-state index contributed by atoms with van der Waals surface area (Å²) in [6.07, 6.45) is 15.0. The first-order valence-electron chi connectivity index (χ1n) is 8.70. The maximum atomic E-state index is 9.27. The molecule has 1 saturated carbocycles. The SMILES string of the molecule is CCCCCCCCCCNCC1CCCC1CO. The van der Waals surface area contributed by atoms with E-state index in [-0.39, 0.29) is 0 Å². The number of nitrogens with one attached hydrogen (secondary N) is 1.